The SMILES string of the molecule is CC(=O)Nc1ccc(Oc2ccc(C(F)(F)F)cc2Cl)cc1F. The molecule has 23 heavy (non-hydrogen) atoms. The van der Waals surface area contributed by atoms with Gasteiger partial charge in [0.25, 0.3) is 0 Å². The van der Waals surface area contributed by atoms with Gasteiger partial charge in [-0.15, -0.1) is 0 Å². The highest BCUT2D eigenvalue weighted by atomic mass is 35.5. The number of alkyl halides is 3. The molecular weight excluding hydrogens is 338 g/mol. The van der Waals surface area contributed by atoms with Crippen molar-refractivity contribution in [2.24, 2.45) is 0 Å². The van der Waals surface area contributed by atoms with Crippen LogP contribution in [0.2, 0.25) is 5.02 Å². The van der Waals surface area contributed by atoms with Gasteiger partial charge in [-0.1, -0.05) is 11.6 Å². The molecule has 2 aromatic rings. The minimum Gasteiger partial charge on any atom is -0.456 e. The third-order valence-electron chi connectivity index (χ3n) is 2.74. The number of amides is 1. The van der Waals surface area contributed by atoms with Gasteiger partial charge in [-0.05, 0) is 30.3 Å². The molecule has 0 bridgehead atoms. The summed E-state index contributed by atoms with van der Waals surface area (Å²) in [6.07, 6.45) is -4.52. The fraction of sp³-hybridized carbons (Fsp3) is 0.133. The molecule has 8 heteroatoms. The standard InChI is InChI=1S/C15H10ClF4NO2/c1-8(22)21-13-4-3-10(7-12(13)17)23-14-5-2-9(6-11(14)16)15(18,19)20/h2-7H,1H3,(H,21,22). The van der Waals surface area contributed by atoms with Gasteiger partial charge in [0.1, 0.15) is 17.3 Å². The first-order chi connectivity index (χ1) is 10.7. The number of hydrogen-bond acceptors (Lipinski definition) is 2. The summed E-state index contributed by atoms with van der Waals surface area (Å²) < 4.78 is 56.7. The Kier molecular flexibility index (Phi) is 4.79. The zero-order chi connectivity index (χ0) is 17.2. The molecule has 0 unspecified atom stereocenters. The number of benzene rings is 2. The second kappa shape index (κ2) is 6.45. The van der Waals surface area contributed by atoms with Crippen LogP contribution in [0.15, 0.2) is 36.4 Å². The lowest BCUT2D eigenvalue weighted by molar-refractivity contribution is -0.137. The van der Waals surface area contributed by atoms with Crippen LogP contribution >= 0.6 is 11.6 Å². The minimum atomic E-state index is -4.52. The zero-order valence-corrected chi connectivity index (χ0v) is 12.4. The van der Waals surface area contributed by atoms with Crippen LogP contribution in [0.5, 0.6) is 11.5 Å². The van der Waals surface area contributed by atoms with Crippen molar-refractivity contribution in [1.82, 2.24) is 0 Å². The molecule has 0 aliphatic carbocycles. The van der Waals surface area contributed by atoms with Gasteiger partial charge >= 0.3 is 6.18 Å². The van der Waals surface area contributed by atoms with Crippen LogP contribution in [-0.4, -0.2) is 5.91 Å². The van der Waals surface area contributed by atoms with Crippen molar-refractivity contribution < 1.29 is 27.1 Å². The predicted octanol–water partition coefficient (Wildman–Crippen LogP) is 5.25. The number of carbonyl (C=O) groups excluding carboxylic acids is 1. The van der Waals surface area contributed by atoms with E-state index in [-0.39, 0.29) is 22.2 Å². The molecule has 0 saturated heterocycles. The number of hydrogen-bond donors (Lipinski definition) is 1. The molecule has 1 N–H and O–H groups in total. The summed E-state index contributed by atoms with van der Waals surface area (Å²) in [5, 5.41) is 2.02. The molecule has 2 aromatic carbocycles. The Bertz CT molecular complexity index is 747. The van der Waals surface area contributed by atoms with Crippen molar-refractivity contribution in [1.29, 1.82) is 0 Å². The van der Waals surface area contributed by atoms with E-state index in [1.807, 2.05) is 0 Å². The molecule has 0 saturated carbocycles. The lowest BCUT2D eigenvalue weighted by Crippen LogP contribution is -2.07. The molecular formula is C15H10ClF4NO2. The maximum Gasteiger partial charge on any atom is 0.416 e. The van der Waals surface area contributed by atoms with Gasteiger partial charge in [-0.3, -0.25) is 4.79 Å². The van der Waals surface area contributed by atoms with Crippen molar-refractivity contribution in [2.75, 3.05) is 5.32 Å². The summed E-state index contributed by atoms with van der Waals surface area (Å²) in [5.74, 6) is -1.21. The predicted molar refractivity (Wildman–Crippen MR) is 77.2 cm³/mol. The van der Waals surface area contributed by atoms with E-state index in [0.717, 1.165) is 24.3 Å². The van der Waals surface area contributed by atoms with Crippen molar-refractivity contribution in [3.05, 3.63) is 52.8 Å². The molecule has 0 atom stereocenters. The molecule has 0 fully saturated rings. The largest absolute Gasteiger partial charge is 0.456 e. The number of rotatable bonds is 3. The average Bonchev–Trinajstić information content (AvgIpc) is 2.42. The Hall–Kier alpha value is -2.28. The first-order valence-corrected chi connectivity index (χ1v) is 6.66. The van der Waals surface area contributed by atoms with Crippen molar-refractivity contribution in [2.45, 2.75) is 13.1 Å². The van der Waals surface area contributed by atoms with Crippen LogP contribution in [-0.2, 0) is 11.0 Å². The summed E-state index contributed by atoms with van der Waals surface area (Å²) in [6, 6.07) is 6.18. The molecule has 0 aliphatic rings. The van der Waals surface area contributed by atoms with Gasteiger partial charge in [0.05, 0.1) is 16.3 Å². The normalized spacial score (nSPS) is 11.2. The molecule has 0 aliphatic heterocycles. The van der Waals surface area contributed by atoms with Crippen molar-refractivity contribution in [3.8, 4) is 11.5 Å². The van der Waals surface area contributed by atoms with Crippen LogP contribution in [0.25, 0.3) is 0 Å². The van der Waals surface area contributed by atoms with Crippen molar-refractivity contribution >= 4 is 23.2 Å². The number of halogens is 5. The van der Waals surface area contributed by atoms with Crippen LogP contribution in [0.3, 0.4) is 0 Å². The first kappa shape index (κ1) is 17.1. The molecule has 0 radical (unpaired) electrons. The zero-order valence-electron chi connectivity index (χ0n) is 11.7. The van der Waals surface area contributed by atoms with Crippen LogP contribution < -0.4 is 10.1 Å². The molecule has 1 amide bonds. The van der Waals surface area contributed by atoms with E-state index < -0.39 is 23.5 Å². The van der Waals surface area contributed by atoms with Crippen molar-refractivity contribution in [3.63, 3.8) is 0 Å². The van der Waals surface area contributed by atoms with Gasteiger partial charge in [-0.2, -0.15) is 13.2 Å². The van der Waals surface area contributed by atoms with E-state index in [2.05, 4.69) is 5.32 Å². The lowest BCUT2D eigenvalue weighted by Gasteiger charge is -2.12. The summed E-state index contributed by atoms with van der Waals surface area (Å²) in [4.78, 5) is 10.9. The number of anilines is 1. The second-order valence-corrected chi connectivity index (χ2v) is 4.98. The number of ether oxygens (including phenoxy) is 1. The van der Waals surface area contributed by atoms with E-state index in [4.69, 9.17) is 16.3 Å². The average molecular weight is 348 g/mol. The maximum absolute atomic E-state index is 13.8. The van der Waals surface area contributed by atoms with E-state index >= 15 is 0 Å². The fourth-order valence-electron chi connectivity index (χ4n) is 1.74. The topological polar surface area (TPSA) is 38.3 Å². The van der Waals surface area contributed by atoms with Gasteiger partial charge in [0.2, 0.25) is 5.91 Å². The van der Waals surface area contributed by atoms with E-state index in [1.54, 1.807) is 0 Å². The quantitative estimate of drug-likeness (QED) is 0.770. The van der Waals surface area contributed by atoms with Crippen LogP contribution in [0.4, 0.5) is 23.2 Å². The molecule has 122 valence electrons. The van der Waals surface area contributed by atoms with E-state index in [1.165, 1.54) is 19.1 Å². The summed E-state index contributed by atoms with van der Waals surface area (Å²) in [5.41, 5.74) is -0.953. The Balaban J connectivity index is 2.23. The first-order valence-electron chi connectivity index (χ1n) is 6.28. The minimum absolute atomic E-state index is 0.0262. The monoisotopic (exact) mass is 347 g/mol. The molecule has 0 aromatic heterocycles. The highest BCUT2D eigenvalue weighted by Gasteiger charge is 2.31. The Morgan fingerprint density at radius 2 is 1.87 bits per heavy atom. The lowest BCUT2D eigenvalue weighted by atomic mass is 10.2. The number of nitrogens with one attached hydrogen (secondary N) is 1. The van der Waals surface area contributed by atoms with Gasteiger partial charge in [-0.25, -0.2) is 4.39 Å². The van der Waals surface area contributed by atoms with E-state index in [9.17, 15) is 22.4 Å². The Morgan fingerprint density at radius 1 is 1.17 bits per heavy atom. The second-order valence-electron chi connectivity index (χ2n) is 4.57. The Morgan fingerprint density at radius 3 is 2.39 bits per heavy atom. The summed E-state index contributed by atoms with van der Waals surface area (Å²) >= 11 is 5.75. The van der Waals surface area contributed by atoms with Crippen LogP contribution in [0, 0.1) is 5.82 Å². The van der Waals surface area contributed by atoms with Gasteiger partial charge in [0, 0.05) is 13.0 Å². The van der Waals surface area contributed by atoms with Crippen LogP contribution in [0.1, 0.15) is 12.5 Å². The molecule has 3 nitrogen and oxygen atoms in total. The third-order valence-corrected chi connectivity index (χ3v) is 3.03. The summed E-state index contributed by atoms with van der Waals surface area (Å²) in [6.45, 7) is 1.23. The highest BCUT2D eigenvalue weighted by Crippen LogP contribution is 2.36. The maximum atomic E-state index is 13.8. The molecule has 0 heterocycles. The van der Waals surface area contributed by atoms with E-state index in [0.29, 0.717) is 0 Å². The third kappa shape index (κ3) is 4.35. The van der Waals surface area contributed by atoms with Gasteiger partial charge in [0.15, 0.2) is 0 Å². The fourth-order valence-corrected chi connectivity index (χ4v) is 1.96. The van der Waals surface area contributed by atoms with Gasteiger partial charge < -0.3 is 10.1 Å². The summed E-state index contributed by atoms with van der Waals surface area (Å²) in [7, 11) is 0. The smallest absolute Gasteiger partial charge is 0.416 e. The Labute approximate surface area is 133 Å². The number of carbonyl (C=O) groups is 1. The molecule has 0 spiro atoms. The molecule has 2 rings (SSSR count). The highest BCUT2D eigenvalue weighted by molar-refractivity contribution is 6.32.